The Kier molecular flexibility index (Phi) is 4.37. The zero-order valence-electron chi connectivity index (χ0n) is 13.3. The van der Waals surface area contributed by atoms with Gasteiger partial charge in [-0.3, -0.25) is 9.59 Å². The lowest BCUT2D eigenvalue weighted by Crippen LogP contribution is -2.29. The first-order valence-electron chi connectivity index (χ1n) is 8.02. The molecular weight excluding hydrogens is 294 g/mol. The van der Waals surface area contributed by atoms with Crippen molar-refractivity contribution in [3.05, 3.63) is 35.1 Å². The molecule has 1 heterocycles. The third-order valence-electron chi connectivity index (χ3n) is 4.52. The number of rotatable bonds is 6. The molecule has 5 nitrogen and oxygen atoms in total. The molecule has 1 aromatic carbocycles. The molecule has 5 heteroatoms. The molecule has 1 aromatic heterocycles. The van der Waals surface area contributed by atoms with Crippen LogP contribution in [0.2, 0.25) is 0 Å². The third kappa shape index (κ3) is 3.38. The quantitative estimate of drug-likeness (QED) is 0.890. The second kappa shape index (κ2) is 6.44. The minimum Gasteiger partial charge on any atom is -0.481 e. The number of benzene rings is 1. The van der Waals surface area contributed by atoms with Crippen LogP contribution in [0.5, 0.6) is 0 Å². The van der Waals surface area contributed by atoms with Crippen molar-refractivity contribution < 1.29 is 19.1 Å². The molecular formula is C18H21NO4. The predicted molar refractivity (Wildman–Crippen MR) is 86.4 cm³/mol. The molecule has 0 bridgehead atoms. The maximum Gasteiger partial charge on any atom is 0.303 e. The fourth-order valence-electron chi connectivity index (χ4n) is 3.17. The molecule has 0 aliphatic heterocycles. The number of fused-ring (bicyclic) bond motifs is 2. The highest BCUT2D eigenvalue weighted by molar-refractivity contribution is 5.88. The molecule has 0 fully saturated rings. The summed E-state index contributed by atoms with van der Waals surface area (Å²) in [5.74, 6) is -0.848. The van der Waals surface area contributed by atoms with E-state index in [1.54, 1.807) is 18.2 Å². The van der Waals surface area contributed by atoms with Gasteiger partial charge >= 0.3 is 5.97 Å². The lowest BCUT2D eigenvalue weighted by atomic mass is 10.0. The summed E-state index contributed by atoms with van der Waals surface area (Å²) in [7, 11) is 1.71. The van der Waals surface area contributed by atoms with Gasteiger partial charge in [-0.15, -0.1) is 0 Å². The smallest absolute Gasteiger partial charge is 0.303 e. The molecule has 1 N–H and O–H groups in total. The normalized spacial score (nSPS) is 13.3. The van der Waals surface area contributed by atoms with Gasteiger partial charge in [0.25, 0.3) is 0 Å². The summed E-state index contributed by atoms with van der Waals surface area (Å²) in [5.41, 5.74) is 4.48. The first-order valence-corrected chi connectivity index (χ1v) is 8.02. The van der Waals surface area contributed by atoms with E-state index in [1.165, 1.54) is 17.5 Å². The Morgan fingerprint density at radius 3 is 2.74 bits per heavy atom. The number of hydrogen-bond acceptors (Lipinski definition) is 3. The SMILES string of the molecule is CN(CCCC(=O)O)C(=O)Cc1coc2cc3c(cc12)CCC3. The number of likely N-dealkylation sites (N-methyl/N-ethyl adjacent to an activating group) is 1. The average Bonchev–Trinajstić information content (AvgIpc) is 3.11. The number of nitrogens with zero attached hydrogens (tertiary/aromatic N) is 1. The van der Waals surface area contributed by atoms with E-state index < -0.39 is 5.97 Å². The maximum atomic E-state index is 12.3. The Morgan fingerprint density at radius 2 is 2.00 bits per heavy atom. The van der Waals surface area contributed by atoms with Crippen LogP contribution in [0.25, 0.3) is 11.0 Å². The molecule has 2 aromatic rings. The van der Waals surface area contributed by atoms with Crippen LogP contribution in [0.3, 0.4) is 0 Å². The van der Waals surface area contributed by atoms with E-state index in [4.69, 9.17) is 9.52 Å². The number of amides is 1. The number of carboxylic acid groups (broad SMARTS) is 1. The van der Waals surface area contributed by atoms with Crippen LogP contribution in [0.1, 0.15) is 36.0 Å². The zero-order chi connectivity index (χ0) is 16.4. The maximum absolute atomic E-state index is 12.3. The van der Waals surface area contributed by atoms with Gasteiger partial charge in [0.15, 0.2) is 0 Å². The Labute approximate surface area is 134 Å². The number of carbonyl (C=O) groups excluding carboxylic acids is 1. The molecule has 23 heavy (non-hydrogen) atoms. The van der Waals surface area contributed by atoms with E-state index in [0.717, 1.165) is 29.4 Å². The van der Waals surface area contributed by atoms with Crippen LogP contribution in [0.4, 0.5) is 0 Å². The third-order valence-corrected chi connectivity index (χ3v) is 4.52. The van der Waals surface area contributed by atoms with Crippen molar-refractivity contribution in [3.63, 3.8) is 0 Å². The average molecular weight is 315 g/mol. The molecule has 0 spiro atoms. The molecule has 1 aliphatic rings. The van der Waals surface area contributed by atoms with Gasteiger partial charge in [-0.2, -0.15) is 0 Å². The Morgan fingerprint density at radius 1 is 1.26 bits per heavy atom. The van der Waals surface area contributed by atoms with Crippen molar-refractivity contribution in [2.45, 2.75) is 38.5 Å². The topological polar surface area (TPSA) is 70.8 Å². The first-order chi connectivity index (χ1) is 11.0. The van der Waals surface area contributed by atoms with Gasteiger partial charge in [-0.25, -0.2) is 0 Å². The van der Waals surface area contributed by atoms with E-state index in [0.29, 0.717) is 13.0 Å². The zero-order valence-corrected chi connectivity index (χ0v) is 13.3. The van der Waals surface area contributed by atoms with Crippen molar-refractivity contribution in [3.8, 4) is 0 Å². The summed E-state index contributed by atoms with van der Waals surface area (Å²) in [5, 5.41) is 9.68. The van der Waals surface area contributed by atoms with Crippen molar-refractivity contribution in [1.29, 1.82) is 0 Å². The summed E-state index contributed by atoms with van der Waals surface area (Å²) in [6.45, 7) is 0.455. The molecule has 0 radical (unpaired) electrons. The molecule has 1 aliphatic carbocycles. The van der Waals surface area contributed by atoms with Gasteiger partial charge in [0, 0.05) is 31.0 Å². The lowest BCUT2D eigenvalue weighted by molar-refractivity contribution is -0.138. The molecule has 122 valence electrons. The van der Waals surface area contributed by atoms with E-state index in [2.05, 4.69) is 12.1 Å². The standard InChI is InChI=1S/C18H21NO4/c1-19(7-3-6-18(21)22)17(20)10-14-11-23-16-9-13-5-2-4-12(13)8-15(14)16/h8-9,11H,2-7,10H2,1H3,(H,21,22). The van der Waals surface area contributed by atoms with Crippen LogP contribution in [0.15, 0.2) is 22.8 Å². The van der Waals surface area contributed by atoms with Gasteiger partial charge in [-0.1, -0.05) is 0 Å². The summed E-state index contributed by atoms with van der Waals surface area (Å²) in [6, 6.07) is 4.26. The molecule has 0 saturated heterocycles. The number of hydrogen-bond donors (Lipinski definition) is 1. The predicted octanol–water partition coefficient (Wildman–Crippen LogP) is 2.79. The van der Waals surface area contributed by atoms with Crippen LogP contribution < -0.4 is 0 Å². The monoisotopic (exact) mass is 315 g/mol. The summed E-state index contributed by atoms with van der Waals surface area (Å²) >= 11 is 0. The van der Waals surface area contributed by atoms with Crippen LogP contribution in [0, 0.1) is 0 Å². The fraction of sp³-hybridized carbons (Fsp3) is 0.444. The van der Waals surface area contributed by atoms with Crippen molar-refractivity contribution in [1.82, 2.24) is 4.90 Å². The van der Waals surface area contributed by atoms with Crippen molar-refractivity contribution in [2.75, 3.05) is 13.6 Å². The Balaban J connectivity index is 1.69. The fourth-order valence-corrected chi connectivity index (χ4v) is 3.17. The number of aliphatic carboxylic acids is 1. The summed E-state index contributed by atoms with van der Waals surface area (Å²) < 4.78 is 5.62. The van der Waals surface area contributed by atoms with Crippen molar-refractivity contribution >= 4 is 22.8 Å². The van der Waals surface area contributed by atoms with Gasteiger partial charge < -0.3 is 14.4 Å². The highest BCUT2D eigenvalue weighted by Gasteiger charge is 2.18. The first kappa shape index (κ1) is 15.6. The summed E-state index contributed by atoms with van der Waals surface area (Å²) in [4.78, 5) is 24.4. The Bertz CT molecular complexity index is 747. The molecule has 1 amide bonds. The van der Waals surface area contributed by atoms with Gasteiger partial charge in [0.05, 0.1) is 12.7 Å². The van der Waals surface area contributed by atoms with Crippen LogP contribution in [-0.4, -0.2) is 35.5 Å². The lowest BCUT2D eigenvalue weighted by Gasteiger charge is -2.16. The molecule has 0 unspecified atom stereocenters. The van der Waals surface area contributed by atoms with E-state index in [1.807, 2.05) is 0 Å². The Hall–Kier alpha value is -2.30. The van der Waals surface area contributed by atoms with E-state index >= 15 is 0 Å². The molecule has 0 saturated carbocycles. The highest BCUT2D eigenvalue weighted by Crippen LogP contribution is 2.30. The summed E-state index contributed by atoms with van der Waals surface area (Å²) in [6.07, 6.45) is 5.89. The van der Waals surface area contributed by atoms with Gasteiger partial charge in [0.1, 0.15) is 5.58 Å². The minimum atomic E-state index is -0.833. The van der Waals surface area contributed by atoms with Crippen molar-refractivity contribution in [2.24, 2.45) is 0 Å². The molecule has 0 atom stereocenters. The minimum absolute atomic E-state index is 0.0152. The second-order valence-electron chi connectivity index (χ2n) is 6.22. The number of aryl methyl sites for hydroxylation is 2. The molecule has 3 rings (SSSR count). The number of furan rings is 1. The largest absolute Gasteiger partial charge is 0.481 e. The van der Waals surface area contributed by atoms with E-state index in [-0.39, 0.29) is 18.7 Å². The van der Waals surface area contributed by atoms with Gasteiger partial charge in [-0.05, 0) is 48.9 Å². The van der Waals surface area contributed by atoms with Crippen LogP contribution in [-0.2, 0) is 28.9 Å². The highest BCUT2D eigenvalue weighted by atomic mass is 16.4. The second-order valence-corrected chi connectivity index (χ2v) is 6.22. The number of carbonyl (C=O) groups is 2. The number of carboxylic acids is 1. The van der Waals surface area contributed by atoms with E-state index in [9.17, 15) is 9.59 Å². The van der Waals surface area contributed by atoms with Gasteiger partial charge in [0.2, 0.25) is 5.91 Å². The van der Waals surface area contributed by atoms with Crippen LogP contribution >= 0.6 is 0 Å².